The lowest BCUT2D eigenvalue weighted by atomic mass is 10.1. The summed E-state index contributed by atoms with van der Waals surface area (Å²) in [5.41, 5.74) is -0.446. The van der Waals surface area contributed by atoms with E-state index in [4.69, 9.17) is 4.74 Å². The Morgan fingerprint density at radius 3 is 2.71 bits per heavy atom. The van der Waals surface area contributed by atoms with Crippen LogP contribution in [0.2, 0.25) is 0 Å². The summed E-state index contributed by atoms with van der Waals surface area (Å²) < 4.78 is 7.27. The van der Waals surface area contributed by atoms with Gasteiger partial charge in [0.1, 0.15) is 11.9 Å². The molecule has 0 saturated carbocycles. The third-order valence-electron chi connectivity index (χ3n) is 3.98. The summed E-state index contributed by atoms with van der Waals surface area (Å²) >= 11 is 0. The van der Waals surface area contributed by atoms with Crippen molar-refractivity contribution in [1.29, 1.82) is 0 Å². The first-order valence-electron chi connectivity index (χ1n) is 7.37. The predicted octanol–water partition coefficient (Wildman–Crippen LogP) is 0.539. The summed E-state index contributed by atoms with van der Waals surface area (Å²) in [6, 6.07) is 0.657. The topological polar surface area (TPSA) is 76.4 Å². The van der Waals surface area contributed by atoms with Crippen molar-refractivity contribution in [2.45, 2.75) is 44.9 Å². The number of aromatic nitrogens is 4. The molecule has 0 spiro atoms. The summed E-state index contributed by atoms with van der Waals surface area (Å²) in [6.07, 6.45) is 2.41. The van der Waals surface area contributed by atoms with Gasteiger partial charge in [0, 0.05) is 32.2 Å². The van der Waals surface area contributed by atoms with Crippen LogP contribution >= 0.6 is 0 Å². The molecule has 1 amide bonds. The molecule has 0 bridgehead atoms. The zero-order valence-corrected chi connectivity index (χ0v) is 12.8. The van der Waals surface area contributed by atoms with Gasteiger partial charge in [-0.1, -0.05) is 0 Å². The summed E-state index contributed by atoms with van der Waals surface area (Å²) in [6.45, 7) is 8.93. The Hall–Kier alpha value is -1.70. The fourth-order valence-corrected chi connectivity index (χ4v) is 3.04. The number of carbonyl (C=O) groups is 1. The fourth-order valence-electron chi connectivity index (χ4n) is 3.04. The minimum Gasteiger partial charge on any atom is -0.444 e. The van der Waals surface area contributed by atoms with Crippen LogP contribution in [0, 0.1) is 0 Å². The lowest BCUT2D eigenvalue weighted by molar-refractivity contribution is 0.00924. The zero-order valence-electron chi connectivity index (χ0n) is 12.8. The van der Waals surface area contributed by atoms with E-state index in [1.807, 2.05) is 30.4 Å². The number of carbonyl (C=O) groups excluding carboxylic acids is 1. The Bertz CT molecular complexity index is 497. The molecule has 2 fully saturated rings. The van der Waals surface area contributed by atoms with Crippen LogP contribution in [-0.4, -0.2) is 73.9 Å². The number of nitrogens with zero attached hydrogens (tertiary/aromatic N) is 6. The number of ether oxygens (including phenoxy) is 1. The van der Waals surface area contributed by atoms with Crippen molar-refractivity contribution in [3.05, 3.63) is 6.33 Å². The van der Waals surface area contributed by atoms with Gasteiger partial charge < -0.3 is 9.64 Å². The molecule has 0 aliphatic carbocycles. The highest BCUT2D eigenvalue weighted by Crippen LogP contribution is 2.29. The fraction of sp³-hybridized carbons (Fsp3) is 0.846. The van der Waals surface area contributed by atoms with E-state index in [2.05, 4.69) is 20.4 Å². The highest BCUT2D eigenvalue weighted by molar-refractivity contribution is 5.68. The number of fused-ring (bicyclic) bond motifs is 1. The van der Waals surface area contributed by atoms with E-state index >= 15 is 0 Å². The molecular formula is C13H22N6O2. The van der Waals surface area contributed by atoms with Crippen LogP contribution in [0.5, 0.6) is 0 Å². The van der Waals surface area contributed by atoms with Gasteiger partial charge in [0.15, 0.2) is 0 Å². The van der Waals surface area contributed by atoms with Gasteiger partial charge in [0.25, 0.3) is 0 Å². The highest BCUT2D eigenvalue weighted by Gasteiger charge is 2.39. The largest absolute Gasteiger partial charge is 0.444 e. The van der Waals surface area contributed by atoms with E-state index in [9.17, 15) is 4.79 Å². The Morgan fingerprint density at radius 2 is 2.05 bits per heavy atom. The van der Waals surface area contributed by atoms with E-state index in [0.717, 1.165) is 19.5 Å². The van der Waals surface area contributed by atoms with E-state index in [-0.39, 0.29) is 6.09 Å². The first kappa shape index (κ1) is 14.2. The van der Waals surface area contributed by atoms with Crippen molar-refractivity contribution in [1.82, 2.24) is 30.0 Å². The maximum atomic E-state index is 12.2. The molecule has 0 aromatic carbocycles. The van der Waals surface area contributed by atoms with E-state index in [0.29, 0.717) is 25.2 Å². The van der Waals surface area contributed by atoms with Crippen LogP contribution in [-0.2, 0) is 4.74 Å². The van der Waals surface area contributed by atoms with Gasteiger partial charge in [0.05, 0.1) is 6.04 Å². The number of rotatable bonds is 1. The first-order valence-corrected chi connectivity index (χ1v) is 7.37. The summed E-state index contributed by atoms with van der Waals surface area (Å²) in [4.78, 5) is 16.4. The standard InChI is InChI=1S/C13H22N6O2/c1-13(2,3)21-12(20)18-5-4-17-8-11(6-10(17)7-18)19-9-14-15-16-19/h9-11H,4-8H2,1-3H3/t10-,11-/m1/s1. The quantitative estimate of drug-likeness (QED) is 0.752. The molecule has 1 aromatic rings. The molecule has 0 N–H and O–H groups in total. The summed E-state index contributed by atoms with van der Waals surface area (Å²) in [5.74, 6) is 0. The zero-order chi connectivity index (χ0) is 15.0. The Balaban J connectivity index is 1.60. The summed E-state index contributed by atoms with van der Waals surface area (Å²) in [5, 5.41) is 11.4. The molecule has 2 aliphatic rings. The molecule has 8 heteroatoms. The predicted molar refractivity (Wildman–Crippen MR) is 74.6 cm³/mol. The van der Waals surface area contributed by atoms with Crippen LogP contribution in [0.25, 0.3) is 0 Å². The van der Waals surface area contributed by atoms with Gasteiger partial charge in [-0.05, 0) is 37.6 Å². The maximum absolute atomic E-state index is 12.2. The molecule has 2 atom stereocenters. The third kappa shape index (κ3) is 3.15. The van der Waals surface area contributed by atoms with Crippen LogP contribution < -0.4 is 0 Å². The number of tetrazole rings is 1. The Labute approximate surface area is 124 Å². The second-order valence-electron chi connectivity index (χ2n) is 6.75. The molecule has 2 aliphatic heterocycles. The van der Waals surface area contributed by atoms with Crippen LogP contribution in [0.3, 0.4) is 0 Å². The number of hydrogen-bond acceptors (Lipinski definition) is 6. The van der Waals surface area contributed by atoms with E-state index in [1.54, 1.807) is 6.33 Å². The number of piperazine rings is 1. The number of hydrogen-bond donors (Lipinski definition) is 0. The minimum absolute atomic E-state index is 0.215. The smallest absolute Gasteiger partial charge is 0.410 e. The molecular weight excluding hydrogens is 272 g/mol. The molecule has 8 nitrogen and oxygen atoms in total. The van der Waals surface area contributed by atoms with Crippen LogP contribution in [0.1, 0.15) is 33.2 Å². The molecule has 0 unspecified atom stereocenters. The third-order valence-corrected chi connectivity index (χ3v) is 3.98. The lowest BCUT2D eigenvalue weighted by Crippen LogP contribution is -2.53. The van der Waals surface area contributed by atoms with Gasteiger partial charge in [-0.15, -0.1) is 5.10 Å². The molecule has 3 rings (SSSR count). The minimum atomic E-state index is -0.446. The summed E-state index contributed by atoms with van der Waals surface area (Å²) in [7, 11) is 0. The van der Waals surface area contributed by atoms with E-state index in [1.165, 1.54) is 0 Å². The second kappa shape index (κ2) is 5.25. The molecule has 2 saturated heterocycles. The number of amides is 1. The van der Waals surface area contributed by atoms with Crippen molar-refractivity contribution in [2.75, 3.05) is 26.2 Å². The Morgan fingerprint density at radius 1 is 1.24 bits per heavy atom. The van der Waals surface area contributed by atoms with Crippen molar-refractivity contribution in [3.63, 3.8) is 0 Å². The van der Waals surface area contributed by atoms with Gasteiger partial charge in [-0.25, -0.2) is 9.48 Å². The normalized spacial score (nSPS) is 26.7. The molecule has 0 radical (unpaired) electrons. The van der Waals surface area contributed by atoms with Crippen LogP contribution in [0.15, 0.2) is 6.33 Å². The highest BCUT2D eigenvalue weighted by atomic mass is 16.6. The van der Waals surface area contributed by atoms with Crippen LogP contribution in [0.4, 0.5) is 4.79 Å². The second-order valence-corrected chi connectivity index (χ2v) is 6.75. The first-order chi connectivity index (χ1) is 9.92. The van der Waals surface area contributed by atoms with E-state index < -0.39 is 5.60 Å². The van der Waals surface area contributed by atoms with Gasteiger partial charge in [-0.3, -0.25) is 4.90 Å². The van der Waals surface area contributed by atoms with Gasteiger partial charge in [0.2, 0.25) is 0 Å². The lowest BCUT2D eigenvalue weighted by Gasteiger charge is -2.37. The average Bonchev–Trinajstić information content (AvgIpc) is 3.04. The van der Waals surface area contributed by atoms with Gasteiger partial charge in [-0.2, -0.15) is 0 Å². The van der Waals surface area contributed by atoms with Crippen molar-refractivity contribution >= 4 is 6.09 Å². The monoisotopic (exact) mass is 294 g/mol. The van der Waals surface area contributed by atoms with Crippen molar-refractivity contribution in [2.24, 2.45) is 0 Å². The molecule has 21 heavy (non-hydrogen) atoms. The Kier molecular flexibility index (Phi) is 3.56. The molecule has 3 heterocycles. The van der Waals surface area contributed by atoms with Crippen molar-refractivity contribution in [3.8, 4) is 0 Å². The average molecular weight is 294 g/mol. The molecule has 1 aromatic heterocycles. The van der Waals surface area contributed by atoms with Gasteiger partial charge >= 0.3 is 6.09 Å². The van der Waals surface area contributed by atoms with Crippen molar-refractivity contribution < 1.29 is 9.53 Å². The SMILES string of the molecule is CC(C)(C)OC(=O)N1CCN2C[C@H](n3cnnn3)C[C@@H]2C1. The maximum Gasteiger partial charge on any atom is 0.410 e. The molecule has 116 valence electrons.